The number of thiazole rings is 1. The molecular weight excluding hydrogens is 216 g/mol. The highest BCUT2D eigenvalue weighted by Gasteiger charge is 2.24. The summed E-state index contributed by atoms with van der Waals surface area (Å²) in [4.78, 5) is 28.1. The number of nitrogens with zero attached hydrogens (tertiary/aromatic N) is 2. The van der Waals surface area contributed by atoms with E-state index >= 15 is 0 Å². The summed E-state index contributed by atoms with van der Waals surface area (Å²) < 4.78 is 0. The summed E-state index contributed by atoms with van der Waals surface area (Å²) >= 11 is 1.22. The fourth-order valence-corrected chi connectivity index (χ4v) is 1.79. The van der Waals surface area contributed by atoms with Crippen molar-refractivity contribution in [1.29, 1.82) is 0 Å². The Morgan fingerprint density at radius 1 is 1.60 bits per heavy atom. The fourth-order valence-electron chi connectivity index (χ4n) is 1.01. The van der Waals surface area contributed by atoms with Gasteiger partial charge in [-0.3, -0.25) is 4.79 Å². The maximum absolute atomic E-state index is 11.8. The number of aromatic nitrogens is 1. The normalized spacial score (nSPS) is 12.2. The van der Waals surface area contributed by atoms with Crippen molar-refractivity contribution in [3.8, 4) is 0 Å². The third kappa shape index (κ3) is 2.33. The van der Waals surface area contributed by atoms with Crippen LogP contribution in [0.25, 0.3) is 0 Å². The van der Waals surface area contributed by atoms with Crippen LogP contribution in [0, 0.1) is 6.92 Å². The molecule has 0 saturated heterocycles. The minimum atomic E-state index is -1.02. The first-order valence-electron chi connectivity index (χ1n) is 4.35. The van der Waals surface area contributed by atoms with Crippen LogP contribution in [0.5, 0.6) is 0 Å². The van der Waals surface area contributed by atoms with Gasteiger partial charge in [-0.1, -0.05) is 0 Å². The maximum Gasteiger partial charge on any atom is 0.326 e. The van der Waals surface area contributed by atoms with E-state index in [0.29, 0.717) is 10.6 Å². The van der Waals surface area contributed by atoms with Crippen LogP contribution in [-0.2, 0) is 4.79 Å². The molecule has 15 heavy (non-hydrogen) atoms. The minimum absolute atomic E-state index is 0.301. The number of carboxylic acids is 1. The van der Waals surface area contributed by atoms with E-state index in [2.05, 4.69) is 4.98 Å². The van der Waals surface area contributed by atoms with E-state index in [1.54, 1.807) is 12.4 Å². The standard InChI is InChI=1S/C9H12N2O3S/c1-5-7(15-4-10-5)8(12)11(3)6(2)9(13)14/h4,6H,1-3H3,(H,13,14). The lowest BCUT2D eigenvalue weighted by molar-refractivity contribution is -0.141. The highest BCUT2D eigenvalue weighted by Crippen LogP contribution is 2.15. The van der Waals surface area contributed by atoms with Crippen molar-refractivity contribution in [1.82, 2.24) is 9.88 Å². The summed E-state index contributed by atoms with van der Waals surface area (Å²) in [6, 6.07) is -0.834. The molecule has 6 heteroatoms. The first-order chi connectivity index (χ1) is 6.95. The third-order valence-electron chi connectivity index (χ3n) is 2.20. The van der Waals surface area contributed by atoms with Crippen LogP contribution in [-0.4, -0.2) is 40.0 Å². The van der Waals surface area contributed by atoms with E-state index in [0.717, 1.165) is 0 Å². The van der Waals surface area contributed by atoms with Crippen LogP contribution < -0.4 is 0 Å². The zero-order valence-electron chi connectivity index (χ0n) is 8.72. The van der Waals surface area contributed by atoms with E-state index in [4.69, 9.17) is 5.11 Å². The molecule has 5 nitrogen and oxygen atoms in total. The Hall–Kier alpha value is -1.43. The van der Waals surface area contributed by atoms with Gasteiger partial charge >= 0.3 is 5.97 Å². The van der Waals surface area contributed by atoms with Crippen molar-refractivity contribution >= 4 is 23.2 Å². The van der Waals surface area contributed by atoms with Crippen LogP contribution in [0.1, 0.15) is 22.3 Å². The summed E-state index contributed by atoms with van der Waals surface area (Å²) in [6.07, 6.45) is 0. The largest absolute Gasteiger partial charge is 0.480 e. The second-order valence-electron chi connectivity index (χ2n) is 3.20. The van der Waals surface area contributed by atoms with Crippen molar-refractivity contribution in [3.63, 3.8) is 0 Å². The van der Waals surface area contributed by atoms with Gasteiger partial charge in [0, 0.05) is 7.05 Å². The SMILES string of the molecule is Cc1ncsc1C(=O)N(C)C(C)C(=O)O. The lowest BCUT2D eigenvalue weighted by atomic mass is 10.2. The molecule has 0 saturated carbocycles. The second-order valence-corrected chi connectivity index (χ2v) is 4.05. The Morgan fingerprint density at radius 2 is 2.20 bits per heavy atom. The molecule has 0 radical (unpaired) electrons. The van der Waals surface area contributed by atoms with Crippen LogP contribution >= 0.6 is 11.3 Å². The predicted octanol–water partition coefficient (Wildman–Crippen LogP) is 0.997. The van der Waals surface area contributed by atoms with Crippen LogP contribution in [0.15, 0.2) is 5.51 Å². The van der Waals surface area contributed by atoms with Crippen molar-refractivity contribution < 1.29 is 14.7 Å². The molecule has 1 aromatic heterocycles. The quantitative estimate of drug-likeness (QED) is 0.837. The van der Waals surface area contributed by atoms with E-state index in [9.17, 15) is 9.59 Å². The van der Waals surface area contributed by atoms with Crippen LogP contribution in [0.3, 0.4) is 0 Å². The smallest absolute Gasteiger partial charge is 0.326 e. The first kappa shape index (κ1) is 11.6. The Kier molecular flexibility index (Phi) is 3.41. The monoisotopic (exact) mass is 228 g/mol. The molecule has 0 aliphatic rings. The lowest BCUT2D eigenvalue weighted by Crippen LogP contribution is -2.40. The highest BCUT2D eigenvalue weighted by atomic mass is 32.1. The Balaban J connectivity index is 2.86. The number of aliphatic carboxylic acids is 1. The van der Waals surface area contributed by atoms with Crippen LogP contribution in [0.2, 0.25) is 0 Å². The van der Waals surface area contributed by atoms with Gasteiger partial charge in [0.1, 0.15) is 10.9 Å². The Bertz CT molecular complexity index is 388. The summed E-state index contributed by atoms with van der Waals surface area (Å²) in [5.74, 6) is -1.32. The number of carbonyl (C=O) groups excluding carboxylic acids is 1. The van der Waals surface area contributed by atoms with Gasteiger partial charge in [-0.2, -0.15) is 0 Å². The number of rotatable bonds is 3. The lowest BCUT2D eigenvalue weighted by Gasteiger charge is -2.20. The second kappa shape index (κ2) is 4.39. The van der Waals surface area contributed by atoms with Gasteiger partial charge in [0.2, 0.25) is 0 Å². The fraction of sp³-hybridized carbons (Fsp3) is 0.444. The molecule has 1 atom stereocenters. The number of hydrogen-bond acceptors (Lipinski definition) is 4. The van der Waals surface area contributed by atoms with Gasteiger partial charge in [-0.25, -0.2) is 9.78 Å². The molecule has 0 bridgehead atoms. The first-order valence-corrected chi connectivity index (χ1v) is 5.23. The number of carboxylic acid groups (broad SMARTS) is 1. The van der Waals surface area contributed by atoms with E-state index in [-0.39, 0.29) is 5.91 Å². The average molecular weight is 228 g/mol. The molecule has 1 N–H and O–H groups in total. The molecule has 0 spiro atoms. The van der Waals surface area contributed by atoms with Gasteiger partial charge in [-0.15, -0.1) is 11.3 Å². The zero-order chi connectivity index (χ0) is 11.6. The number of hydrogen-bond donors (Lipinski definition) is 1. The summed E-state index contributed by atoms with van der Waals surface area (Å²) in [7, 11) is 1.47. The number of amides is 1. The van der Waals surface area contributed by atoms with Crippen molar-refractivity contribution in [2.45, 2.75) is 19.9 Å². The molecule has 1 amide bonds. The third-order valence-corrected chi connectivity index (χ3v) is 3.11. The Morgan fingerprint density at radius 3 is 2.60 bits per heavy atom. The van der Waals surface area contributed by atoms with E-state index in [1.165, 1.54) is 30.2 Å². The Labute approximate surface area is 91.4 Å². The van der Waals surface area contributed by atoms with Gasteiger partial charge < -0.3 is 10.0 Å². The topological polar surface area (TPSA) is 70.5 Å². The van der Waals surface area contributed by atoms with Gasteiger partial charge in [0.15, 0.2) is 0 Å². The van der Waals surface area contributed by atoms with Gasteiger partial charge in [0.25, 0.3) is 5.91 Å². The van der Waals surface area contributed by atoms with E-state index < -0.39 is 12.0 Å². The molecule has 1 rings (SSSR count). The van der Waals surface area contributed by atoms with Gasteiger partial charge in [0.05, 0.1) is 11.2 Å². The number of likely N-dealkylation sites (N-methyl/N-ethyl adjacent to an activating group) is 1. The molecule has 0 fully saturated rings. The molecule has 0 aliphatic heterocycles. The maximum atomic E-state index is 11.8. The molecule has 82 valence electrons. The number of aryl methyl sites for hydroxylation is 1. The average Bonchev–Trinajstić information content (AvgIpc) is 2.60. The summed E-state index contributed by atoms with van der Waals surface area (Å²) in [6.45, 7) is 3.19. The summed E-state index contributed by atoms with van der Waals surface area (Å²) in [5.41, 5.74) is 2.21. The predicted molar refractivity (Wildman–Crippen MR) is 56.0 cm³/mol. The minimum Gasteiger partial charge on any atom is -0.480 e. The zero-order valence-corrected chi connectivity index (χ0v) is 9.54. The highest BCUT2D eigenvalue weighted by molar-refractivity contribution is 7.11. The van der Waals surface area contributed by atoms with Gasteiger partial charge in [-0.05, 0) is 13.8 Å². The molecule has 0 aromatic carbocycles. The molecule has 0 aliphatic carbocycles. The molecule has 1 unspecified atom stereocenters. The van der Waals surface area contributed by atoms with E-state index in [1.807, 2.05) is 0 Å². The molecule has 1 aromatic rings. The molecule has 1 heterocycles. The van der Waals surface area contributed by atoms with Crippen LogP contribution in [0.4, 0.5) is 0 Å². The van der Waals surface area contributed by atoms with Crippen molar-refractivity contribution in [2.75, 3.05) is 7.05 Å². The van der Waals surface area contributed by atoms with Crippen molar-refractivity contribution in [3.05, 3.63) is 16.1 Å². The number of carbonyl (C=O) groups is 2. The molecular formula is C9H12N2O3S. The summed E-state index contributed by atoms with van der Waals surface area (Å²) in [5, 5.41) is 8.76. The van der Waals surface area contributed by atoms with Crippen molar-refractivity contribution in [2.24, 2.45) is 0 Å².